The molecule has 1 aromatic heterocycles. The van der Waals surface area contributed by atoms with Gasteiger partial charge in [0.25, 0.3) is 6.43 Å². The van der Waals surface area contributed by atoms with E-state index in [0.717, 1.165) is 17.1 Å². The van der Waals surface area contributed by atoms with Crippen LogP contribution in [-0.2, 0) is 13.1 Å². The summed E-state index contributed by atoms with van der Waals surface area (Å²) in [6, 6.07) is 11.0. The maximum absolute atomic E-state index is 12.1. The van der Waals surface area contributed by atoms with Crippen molar-refractivity contribution < 1.29 is 17.9 Å². The van der Waals surface area contributed by atoms with E-state index in [1.807, 2.05) is 25.1 Å². The van der Waals surface area contributed by atoms with Crippen LogP contribution < -0.4 is 10.1 Å². The minimum absolute atomic E-state index is 0.457. The number of halogens is 2. The Morgan fingerprint density at radius 1 is 1.20 bits per heavy atom. The molecule has 0 aliphatic carbocycles. The first-order valence-corrected chi connectivity index (χ1v) is 6.39. The monoisotopic (exact) mass is 281 g/mol. The molecule has 0 saturated carbocycles. The highest BCUT2D eigenvalue weighted by molar-refractivity contribution is 5.28. The summed E-state index contributed by atoms with van der Waals surface area (Å²) < 4.78 is 34.6. The molecule has 1 N–H and O–H groups in total. The fourth-order valence-corrected chi connectivity index (χ4v) is 1.81. The largest absolute Gasteiger partial charge is 0.488 e. The predicted octanol–water partition coefficient (Wildman–Crippen LogP) is 3.52. The van der Waals surface area contributed by atoms with Gasteiger partial charge in [-0.3, -0.25) is 0 Å². The van der Waals surface area contributed by atoms with Crippen molar-refractivity contribution in [3.63, 3.8) is 0 Å². The van der Waals surface area contributed by atoms with Crippen LogP contribution in [0.2, 0.25) is 0 Å². The molecule has 0 bridgehead atoms. The van der Waals surface area contributed by atoms with Crippen LogP contribution in [0.15, 0.2) is 40.8 Å². The van der Waals surface area contributed by atoms with Crippen LogP contribution in [0, 0.1) is 6.92 Å². The first kappa shape index (κ1) is 14.5. The van der Waals surface area contributed by atoms with Crippen molar-refractivity contribution in [1.82, 2.24) is 5.32 Å². The lowest BCUT2D eigenvalue weighted by molar-refractivity contribution is 0.0818. The zero-order valence-electron chi connectivity index (χ0n) is 11.2. The van der Waals surface area contributed by atoms with Gasteiger partial charge >= 0.3 is 0 Å². The highest BCUT2D eigenvalue weighted by atomic mass is 19.3. The Hall–Kier alpha value is -1.88. The fraction of sp³-hybridized carbons (Fsp3) is 0.333. The van der Waals surface area contributed by atoms with Gasteiger partial charge in [-0.2, -0.15) is 0 Å². The van der Waals surface area contributed by atoms with E-state index in [0.29, 0.717) is 18.8 Å². The molecule has 2 aromatic rings. The third-order valence-corrected chi connectivity index (χ3v) is 2.70. The molecule has 108 valence electrons. The zero-order valence-corrected chi connectivity index (χ0v) is 11.2. The van der Waals surface area contributed by atoms with E-state index in [-0.39, 0.29) is 0 Å². The number of benzene rings is 1. The quantitative estimate of drug-likeness (QED) is 0.843. The number of aryl methyl sites for hydroxylation is 1. The zero-order chi connectivity index (χ0) is 14.4. The van der Waals surface area contributed by atoms with Gasteiger partial charge in [0.1, 0.15) is 23.9 Å². The molecule has 3 nitrogen and oxygen atoms in total. The van der Waals surface area contributed by atoms with Gasteiger partial charge in [-0.15, -0.1) is 0 Å². The molecule has 0 fully saturated rings. The molecular formula is C15H17F2NO2. The number of rotatable bonds is 7. The van der Waals surface area contributed by atoms with Gasteiger partial charge in [0.05, 0.1) is 6.54 Å². The van der Waals surface area contributed by atoms with Crippen molar-refractivity contribution in [3.05, 3.63) is 53.5 Å². The maximum Gasteiger partial charge on any atom is 0.272 e. The second kappa shape index (κ2) is 7.05. The number of alkyl halides is 2. The van der Waals surface area contributed by atoms with Gasteiger partial charge in [-0.05, 0) is 36.8 Å². The predicted molar refractivity (Wildman–Crippen MR) is 71.9 cm³/mol. The number of hydrogen-bond acceptors (Lipinski definition) is 3. The first-order chi connectivity index (χ1) is 9.63. The molecule has 0 spiro atoms. The summed E-state index contributed by atoms with van der Waals surface area (Å²) in [6.45, 7) is 2.55. The van der Waals surface area contributed by atoms with E-state index < -0.39 is 13.0 Å². The number of ether oxygens (including phenoxy) is 1. The SMILES string of the molecule is Cc1ccc(CNCc2cccc(OCC(F)F)c2)o1. The maximum atomic E-state index is 12.1. The van der Waals surface area contributed by atoms with E-state index in [1.54, 1.807) is 18.2 Å². The van der Waals surface area contributed by atoms with Crippen LogP contribution in [-0.4, -0.2) is 13.0 Å². The van der Waals surface area contributed by atoms with Crippen LogP contribution in [0.4, 0.5) is 8.78 Å². The Bertz CT molecular complexity index is 540. The average Bonchev–Trinajstić information content (AvgIpc) is 2.83. The van der Waals surface area contributed by atoms with Gasteiger partial charge in [0.2, 0.25) is 0 Å². The molecule has 0 radical (unpaired) electrons. The smallest absolute Gasteiger partial charge is 0.272 e. The molecule has 0 aliphatic rings. The second-order valence-corrected chi connectivity index (χ2v) is 4.47. The van der Waals surface area contributed by atoms with Gasteiger partial charge < -0.3 is 14.5 Å². The topological polar surface area (TPSA) is 34.4 Å². The fourth-order valence-electron chi connectivity index (χ4n) is 1.81. The lowest BCUT2D eigenvalue weighted by Gasteiger charge is -2.08. The Morgan fingerprint density at radius 2 is 2.05 bits per heavy atom. The lowest BCUT2D eigenvalue weighted by atomic mass is 10.2. The Balaban J connectivity index is 1.81. The van der Waals surface area contributed by atoms with Crippen molar-refractivity contribution >= 4 is 0 Å². The standard InChI is InChI=1S/C15H17F2NO2/c1-11-5-6-14(20-11)9-18-8-12-3-2-4-13(7-12)19-10-15(16)17/h2-7,15,18H,8-10H2,1H3. The Morgan fingerprint density at radius 3 is 2.75 bits per heavy atom. The van der Waals surface area contributed by atoms with Crippen molar-refractivity contribution in [2.75, 3.05) is 6.61 Å². The molecule has 0 amide bonds. The minimum atomic E-state index is -2.46. The minimum Gasteiger partial charge on any atom is -0.488 e. The third kappa shape index (κ3) is 4.66. The molecule has 5 heteroatoms. The summed E-state index contributed by atoms with van der Waals surface area (Å²) in [7, 11) is 0. The summed E-state index contributed by atoms with van der Waals surface area (Å²) >= 11 is 0. The summed E-state index contributed by atoms with van der Waals surface area (Å²) in [5.41, 5.74) is 0.972. The van der Waals surface area contributed by atoms with Gasteiger partial charge in [0, 0.05) is 6.54 Å². The molecule has 20 heavy (non-hydrogen) atoms. The van der Waals surface area contributed by atoms with Crippen LogP contribution in [0.5, 0.6) is 5.75 Å². The molecular weight excluding hydrogens is 264 g/mol. The molecule has 0 saturated heterocycles. The highest BCUT2D eigenvalue weighted by Crippen LogP contribution is 2.14. The van der Waals surface area contributed by atoms with Crippen LogP contribution in [0.25, 0.3) is 0 Å². The van der Waals surface area contributed by atoms with Crippen molar-refractivity contribution in [1.29, 1.82) is 0 Å². The third-order valence-electron chi connectivity index (χ3n) is 2.70. The summed E-state index contributed by atoms with van der Waals surface area (Å²) in [5, 5.41) is 3.23. The Kier molecular flexibility index (Phi) is 5.12. The molecule has 0 aliphatic heterocycles. The van der Waals surface area contributed by atoms with Crippen molar-refractivity contribution in [3.8, 4) is 5.75 Å². The molecule has 1 aromatic carbocycles. The summed E-state index contributed by atoms with van der Waals surface area (Å²) in [6.07, 6.45) is -2.46. The molecule has 0 atom stereocenters. The normalized spacial score (nSPS) is 11.0. The van der Waals surface area contributed by atoms with E-state index in [1.165, 1.54) is 0 Å². The molecule has 1 heterocycles. The van der Waals surface area contributed by atoms with E-state index >= 15 is 0 Å². The van der Waals surface area contributed by atoms with Gasteiger partial charge in [-0.1, -0.05) is 12.1 Å². The van der Waals surface area contributed by atoms with Crippen LogP contribution in [0.3, 0.4) is 0 Å². The number of nitrogens with one attached hydrogen (secondary N) is 1. The average molecular weight is 281 g/mol. The summed E-state index contributed by atoms with van der Waals surface area (Å²) in [5.74, 6) is 2.20. The van der Waals surface area contributed by atoms with Crippen LogP contribution >= 0.6 is 0 Å². The summed E-state index contributed by atoms with van der Waals surface area (Å²) in [4.78, 5) is 0. The number of hydrogen-bond donors (Lipinski definition) is 1. The van der Waals surface area contributed by atoms with Crippen molar-refractivity contribution in [2.45, 2.75) is 26.4 Å². The first-order valence-electron chi connectivity index (χ1n) is 6.39. The Labute approximate surface area is 116 Å². The second-order valence-electron chi connectivity index (χ2n) is 4.47. The van der Waals surface area contributed by atoms with E-state index in [4.69, 9.17) is 9.15 Å². The van der Waals surface area contributed by atoms with Crippen LogP contribution in [0.1, 0.15) is 17.1 Å². The van der Waals surface area contributed by atoms with E-state index in [2.05, 4.69) is 5.32 Å². The molecule has 0 unspecified atom stereocenters. The highest BCUT2D eigenvalue weighted by Gasteiger charge is 2.04. The lowest BCUT2D eigenvalue weighted by Crippen LogP contribution is -2.12. The van der Waals surface area contributed by atoms with E-state index in [9.17, 15) is 8.78 Å². The van der Waals surface area contributed by atoms with Crippen molar-refractivity contribution in [2.24, 2.45) is 0 Å². The van der Waals surface area contributed by atoms with Gasteiger partial charge in [-0.25, -0.2) is 8.78 Å². The molecule has 2 rings (SSSR count). The van der Waals surface area contributed by atoms with Gasteiger partial charge in [0.15, 0.2) is 0 Å². The number of furan rings is 1.